The summed E-state index contributed by atoms with van der Waals surface area (Å²) in [6.45, 7) is 6.52. The van der Waals surface area contributed by atoms with Crippen LogP contribution < -0.4 is 0 Å². The van der Waals surface area contributed by atoms with Gasteiger partial charge in [-0.05, 0) is 24.9 Å². The van der Waals surface area contributed by atoms with Crippen molar-refractivity contribution in [1.82, 2.24) is 14.5 Å². The molecule has 0 N–H and O–H groups in total. The predicted octanol–water partition coefficient (Wildman–Crippen LogP) is 2.36. The average Bonchev–Trinajstić information content (AvgIpc) is 2.87. The maximum Gasteiger partial charge on any atom is 0.267 e. The number of halogens is 1. The number of amides is 1. The summed E-state index contributed by atoms with van der Waals surface area (Å²) in [5, 5.41) is 4.85. The van der Waals surface area contributed by atoms with Crippen molar-refractivity contribution in [1.29, 1.82) is 0 Å². The standard InChI is InChI=1S/C12H20BrN3O2S/c1-3-5-10-11(19-15-14-10)12(17)16(4-2)7-9-18-8-6-13/h3-9H2,1-2H3. The van der Waals surface area contributed by atoms with Gasteiger partial charge in [-0.2, -0.15) is 0 Å². The summed E-state index contributed by atoms with van der Waals surface area (Å²) in [6, 6.07) is 0. The lowest BCUT2D eigenvalue weighted by Gasteiger charge is -2.20. The van der Waals surface area contributed by atoms with Crippen LogP contribution >= 0.6 is 27.5 Å². The van der Waals surface area contributed by atoms with Crippen molar-refractivity contribution in [3.05, 3.63) is 10.6 Å². The summed E-state index contributed by atoms with van der Waals surface area (Å²) in [6.07, 6.45) is 1.77. The molecule has 1 aromatic heterocycles. The first-order valence-electron chi connectivity index (χ1n) is 6.48. The number of likely N-dealkylation sites (N-methyl/N-ethyl adjacent to an activating group) is 1. The van der Waals surface area contributed by atoms with Crippen LogP contribution in [0, 0.1) is 0 Å². The van der Waals surface area contributed by atoms with E-state index in [0.717, 1.165) is 23.9 Å². The van der Waals surface area contributed by atoms with Crippen LogP contribution in [0.3, 0.4) is 0 Å². The van der Waals surface area contributed by atoms with Gasteiger partial charge >= 0.3 is 0 Å². The molecule has 0 aliphatic heterocycles. The summed E-state index contributed by atoms with van der Waals surface area (Å²) in [5.74, 6) is 0.0170. The van der Waals surface area contributed by atoms with E-state index in [0.29, 0.717) is 31.2 Å². The van der Waals surface area contributed by atoms with Crippen molar-refractivity contribution < 1.29 is 9.53 Å². The minimum atomic E-state index is 0.0170. The minimum absolute atomic E-state index is 0.0170. The summed E-state index contributed by atoms with van der Waals surface area (Å²) in [7, 11) is 0. The smallest absolute Gasteiger partial charge is 0.267 e. The number of hydrogen-bond donors (Lipinski definition) is 0. The molecule has 0 aliphatic carbocycles. The second-order valence-electron chi connectivity index (χ2n) is 3.98. The first kappa shape index (κ1) is 16.5. The Morgan fingerprint density at radius 1 is 1.42 bits per heavy atom. The molecule has 0 radical (unpaired) electrons. The van der Waals surface area contributed by atoms with Crippen LogP contribution in [0.25, 0.3) is 0 Å². The van der Waals surface area contributed by atoms with Gasteiger partial charge in [0.15, 0.2) is 0 Å². The number of aryl methyl sites for hydroxylation is 1. The number of carbonyl (C=O) groups is 1. The van der Waals surface area contributed by atoms with Crippen LogP contribution in [0.4, 0.5) is 0 Å². The highest BCUT2D eigenvalue weighted by Gasteiger charge is 2.20. The molecule has 0 aliphatic rings. The van der Waals surface area contributed by atoms with Crippen molar-refractivity contribution >= 4 is 33.4 Å². The highest BCUT2D eigenvalue weighted by atomic mass is 79.9. The third-order valence-corrected chi connectivity index (χ3v) is 3.71. The molecule has 0 saturated carbocycles. The Kier molecular flexibility index (Phi) is 8.16. The molecule has 1 heterocycles. The van der Waals surface area contributed by atoms with Crippen molar-refractivity contribution in [3.8, 4) is 0 Å². The van der Waals surface area contributed by atoms with Gasteiger partial charge < -0.3 is 9.64 Å². The predicted molar refractivity (Wildman–Crippen MR) is 80.1 cm³/mol. The molecule has 0 atom stereocenters. The first-order valence-corrected chi connectivity index (χ1v) is 8.38. The number of carbonyl (C=O) groups excluding carboxylic acids is 1. The summed E-state index contributed by atoms with van der Waals surface area (Å²) >= 11 is 4.48. The molecule has 0 fully saturated rings. The van der Waals surface area contributed by atoms with Crippen molar-refractivity contribution in [2.75, 3.05) is 31.6 Å². The Morgan fingerprint density at radius 2 is 2.21 bits per heavy atom. The van der Waals surface area contributed by atoms with Crippen molar-refractivity contribution in [2.45, 2.75) is 26.7 Å². The monoisotopic (exact) mass is 349 g/mol. The van der Waals surface area contributed by atoms with Crippen LogP contribution in [0.1, 0.15) is 35.6 Å². The molecule has 0 saturated heterocycles. The van der Waals surface area contributed by atoms with Crippen LogP contribution in [-0.2, 0) is 11.2 Å². The fourth-order valence-corrected chi connectivity index (χ4v) is 2.56. The van der Waals surface area contributed by atoms with E-state index in [4.69, 9.17) is 4.74 Å². The largest absolute Gasteiger partial charge is 0.379 e. The first-order chi connectivity index (χ1) is 9.24. The number of rotatable bonds is 9. The summed E-state index contributed by atoms with van der Waals surface area (Å²) in [4.78, 5) is 14.8. The van der Waals surface area contributed by atoms with E-state index in [9.17, 15) is 4.79 Å². The second-order valence-corrected chi connectivity index (χ2v) is 5.53. The topological polar surface area (TPSA) is 55.3 Å². The van der Waals surface area contributed by atoms with Gasteiger partial charge in [0.25, 0.3) is 5.91 Å². The van der Waals surface area contributed by atoms with Gasteiger partial charge in [0.2, 0.25) is 0 Å². The van der Waals surface area contributed by atoms with E-state index in [1.807, 2.05) is 6.92 Å². The number of ether oxygens (including phenoxy) is 1. The van der Waals surface area contributed by atoms with Gasteiger partial charge in [0.05, 0.1) is 18.9 Å². The molecule has 1 rings (SSSR count). The van der Waals surface area contributed by atoms with Gasteiger partial charge in [-0.25, -0.2) is 0 Å². The van der Waals surface area contributed by atoms with Gasteiger partial charge in [0.1, 0.15) is 4.88 Å². The molecule has 0 bridgehead atoms. The highest BCUT2D eigenvalue weighted by Crippen LogP contribution is 2.15. The number of alkyl halides is 1. The van der Waals surface area contributed by atoms with E-state index >= 15 is 0 Å². The Bertz CT molecular complexity index is 387. The molecule has 0 unspecified atom stereocenters. The lowest BCUT2D eigenvalue weighted by molar-refractivity contribution is 0.0676. The van der Waals surface area contributed by atoms with E-state index in [1.54, 1.807) is 4.90 Å². The summed E-state index contributed by atoms with van der Waals surface area (Å²) < 4.78 is 9.29. The fraction of sp³-hybridized carbons (Fsp3) is 0.750. The quantitative estimate of drug-likeness (QED) is 0.507. The normalized spacial score (nSPS) is 10.7. The minimum Gasteiger partial charge on any atom is -0.379 e. The Balaban J connectivity index is 2.59. The van der Waals surface area contributed by atoms with Crippen molar-refractivity contribution in [3.63, 3.8) is 0 Å². The van der Waals surface area contributed by atoms with Gasteiger partial charge in [-0.3, -0.25) is 4.79 Å². The molecule has 108 valence electrons. The third kappa shape index (κ3) is 5.16. The number of aromatic nitrogens is 2. The van der Waals surface area contributed by atoms with Crippen LogP contribution in [0.5, 0.6) is 0 Å². The summed E-state index contributed by atoms with van der Waals surface area (Å²) in [5.41, 5.74) is 0.817. The zero-order chi connectivity index (χ0) is 14.1. The Hall–Kier alpha value is -0.530. The van der Waals surface area contributed by atoms with Crippen LogP contribution in [0.2, 0.25) is 0 Å². The maximum atomic E-state index is 12.4. The fourth-order valence-electron chi connectivity index (χ4n) is 1.65. The van der Waals surface area contributed by atoms with Crippen LogP contribution in [-0.4, -0.2) is 52.0 Å². The lowest BCUT2D eigenvalue weighted by Crippen LogP contribution is -2.34. The van der Waals surface area contributed by atoms with Crippen molar-refractivity contribution in [2.24, 2.45) is 0 Å². The maximum absolute atomic E-state index is 12.4. The van der Waals surface area contributed by atoms with Gasteiger partial charge in [0, 0.05) is 18.4 Å². The van der Waals surface area contributed by atoms with Crippen LogP contribution in [0.15, 0.2) is 0 Å². The zero-order valence-corrected chi connectivity index (χ0v) is 13.8. The highest BCUT2D eigenvalue weighted by molar-refractivity contribution is 9.09. The molecular weight excluding hydrogens is 330 g/mol. The molecule has 0 spiro atoms. The molecule has 19 heavy (non-hydrogen) atoms. The molecule has 1 amide bonds. The van der Waals surface area contributed by atoms with Gasteiger partial charge in [-0.1, -0.05) is 33.8 Å². The van der Waals surface area contributed by atoms with Gasteiger partial charge in [-0.15, -0.1) is 5.10 Å². The number of nitrogens with zero attached hydrogens (tertiary/aromatic N) is 3. The third-order valence-electron chi connectivity index (χ3n) is 2.63. The van der Waals surface area contributed by atoms with E-state index < -0.39 is 0 Å². The molecule has 5 nitrogen and oxygen atoms in total. The van der Waals surface area contributed by atoms with E-state index in [-0.39, 0.29) is 5.91 Å². The zero-order valence-electron chi connectivity index (χ0n) is 11.4. The average molecular weight is 350 g/mol. The number of hydrogen-bond acceptors (Lipinski definition) is 5. The SMILES string of the molecule is CCCc1nnsc1C(=O)N(CC)CCOCCBr. The Labute approximate surface area is 126 Å². The molecular formula is C12H20BrN3O2S. The molecule has 7 heteroatoms. The molecule has 0 aromatic carbocycles. The Morgan fingerprint density at radius 3 is 2.84 bits per heavy atom. The second kappa shape index (κ2) is 9.39. The van der Waals surface area contributed by atoms with E-state index in [1.165, 1.54) is 11.5 Å². The van der Waals surface area contributed by atoms with E-state index in [2.05, 4.69) is 32.4 Å². The molecule has 1 aromatic rings. The lowest BCUT2D eigenvalue weighted by atomic mass is 10.2.